The van der Waals surface area contributed by atoms with E-state index in [2.05, 4.69) is 5.32 Å². The fourth-order valence-electron chi connectivity index (χ4n) is 1.98. The van der Waals surface area contributed by atoms with Gasteiger partial charge < -0.3 is 15.3 Å². The summed E-state index contributed by atoms with van der Waals surface area (Å²) in [6.45, 7) is 0. The molecule has 5 nitrogen and oxygen atoms in total. The lowest BCUT2D eigenvalue weighted by Crippen LogP contribution is -2.19. The summed E-state index contributed by atoms with van der Waals surface area (Å²) >= 11 is 5.92. The van der Waals surface area contributed by atoms with Gasteiger partial charge in [-0.25, -0.2) is 0 Å². The smallest absolute Gasteiger partial charge is 0.307 e. The third-order valence-corrected chi connectivity index (χ3v) is 3.38. The summed E-state index contributed by atoms with van der Waals surface area (Å²) in [7, 11) is 3.71. The number of carbonyl (C=O) groups excluding carboxylic acids is 1. The van der Waals surface area contributed by atoms with Crippen LogP contribution in [0.5, 0.6) is 0 Å². The van der Waals surface area contributed by atoms with Crippen molar-refractivity contribution >= 4 is 34.9 Å². The molecule has 1 aromatic rings. The van der Waals surface area contributed by atoms with E-state index in [4.69, 9.17) is 16.7 Å². The Kier molecular flexibility index (Phi) is 3.66. The molecule has 1 saturated carbocycles. The normalized spacial score (nSPS) is 20.8. The number of carbonyl (C=O) groups is 2. The highest BCUT2D eigenvalue weighted by Gasteiger charge is 2.48. The molecule has 2 rings (SSSR count). The molecular weight excluding hydrogens is 268 g/mol. The zero-order chi connectivity index (χ0) is 14.2. The number of nitrogens with one attached hydrogen (secondary N) is 1. The molecule has 19 heavy (non-hydrogen) atoms. The Hall–Kier alpha value is -1.75. The van der Waals surface area contributed by atoms with Crippen LogP contribution in [0.2, 0.25) is 5.02 Å². The van der Waals surface area contributed by atoms with Crippen molar-refractivity contribution in [3.05, 3.63) is 23.2 Å². The Morgan fingerprint density at radius 1 is 1.37 bits per heavy atom. The number of anilines is 2. The van der Waals surface area contributed by atoms with Crippen molar-refractivity contribution in [1.29, 1.82) is 0 Å². The molecule has 1 amide bonds. The predicted octanol–water partition coefficient (Wildman–Crippen LogP) is 2.07. The number of hydrogen-bond acceptors (Lipinski definition) is 3. The molecule has 1 aromatic carbocycles. The van der Waals surface area contributed by atoms with Gasteiger partial charge in [0, 0.05) is 19.1 Å². The van der Waals surface area contributed by atoms with Crippen molar-refractivity contribution < 1.29 is 14.7 Å². The highest BCUT2D eigenvalue weighted by Crippen LogP contribution is 2.40. The molecule has 0 unspecified atom stereocenters. The van der Waals surface area contributed by atoms with E-state index in [9.17, 15) is 9.59 Å². The molecule has 0 aromatic heterocycles. The van der Waals surface area contributed by atoms with E-state index in [-0.39, 0.29) is 5.91 Å². The molecule has 2 N–H and O–H groups in total. The van der Waals surface area contributed by atoms with Crippen LogP contribution in [0.15, 0.2) is 18.2 Å². The molecular formula is C13H15ClN2O3. The van der Waals surface area contributed by atoms with E-state index >= 15 is 0 Å². The molecule has 0 radical (unpaired) electrons. The number of benzene rings is 1. The molecule has 6 heteroatoms. The van der Waals surface area contributed by atoms with Gasteiger partial charge in [-0.1, -0.05) is 11.6 Å². The van der Waals surface area contributed by atoms with Gasteiger partial charge in [-0.3, -0.25) is 9.59 Å². The van der Waals surface area contributed by atoms with Crippen LogP contribution in [0, 0.1) is 11.8 Å². The summed E-state index contributed by atoms with van der Waals surface area (Å²) < 4.78 is 0. The standard InChI is InChI=1S/C13H15ClN2O3/c1-16(2)11-4-3-7(14)5-10(11)15-12(17)8-6-9(8)13(18)19/h3-5,8-9H,6H2,1-2H3,(H,15,17)(H,18,19)/t8-,9+/m1/s1. The number of rotatable bonds is 4. The number of nitrogens with zero attached hydrogens (tertiary/aromatic N) is 1. The first kappa shape index (κ1) is 13.7. The molecule has 0 aliphatic heterocycles. The first-order chi connectivity index (χ1) is 8.90. The van der Waals surface area contributed by atoms with Gasteiger partial charge in [0.1, 0.15) is 0 Å². The van der Waals surface area contributed by atoms with Crippen LogP contribution in [0.1, 0.15) is 6.42 Å². The van der Waals surface area contributed by atoms with Crippen LogP contribution in [0.3, 0.4) is 0 Å². The molecule has 1 fully saturated rings. The maximum absolute atomic E-state index is 11.9. The van der Waals surface area contributed by atoms with Gasteiger partial charge in [-0.05, 0) is 24.6 Å². The number of amides is 1. The summed E-state index contributed by atoms with van der Waals surface area (Å²) in [6.07, 6.45) is 0.402. The van der Waals surface area contributed by atoms with Gasteiger partial charge in [0.05, 0.1) is 23.2 Å². The highest BCUT2D eigenvalue weighted by molar-refractivity contribution is 6.31. The minimum atomic E-state index is -0.918. The molecule has 0 saturated heterocycles. The van der Waals surface area contributed by atoms with Gasteiger partial charge in [0.15, 0.2) is 0 Å². The molecule has 0 bridgehead atoms. The van der Waals surface area contributed by atoms with Crippen molar-refractivity contribution in [1.82, 2.24) is 0 Å². The molecule has 0 heterocycles. The van der Waals surface area contributed by atoms with Crippen LogP contribution >= 0.6 is 11.6 Å². The lowest BCUT2D eigenvalue weighted by Gasteiger charge is -2.18. The molecule has 1 aliphatic rings. The lowest BCUT2D eigenvalue weighted by atomic mass is 10.2. The molecule has 102 valence electrons. The predicted molar refractivity (Wildman–Crippen MR) is 73.6 cm³/mol. The minimum absolute atomic E-state index is 0.266. The Morgan fingerprint density at radius 2 is 2.05 bits per heavy atom. The Labute approximate surface area is 116 Å². The summed E-state index contributed by atoms with van der Waals surface area (Å²) in [5.74, 6) is -2.18. The minimum Gasteiger partial charge on any atom is -0.481 e. The highest BCUT2D eigenvalue weighted by atomic mass is 35.5. The monoisotopic (exact) mass is 282 g/mol. The molecule has 1 aliphatic carbocycles. The van der Waals surface area contributed by atoms with Crippen molar-refractivity contribution in [2.75, 3.05) is 24.3 Å². The fraction of sp³-hybridized carbons (Fsp3) is 0.385. The van der Waals surface area contributed by atoms with Crippen LogP contribution < -0.4 is 10.2 Å². The number of halogens is 1. The summed E-state index contributed by atoms with van der Waals surface area (Å²) in [4.78, 5) is 24.5. The Bertz CT molecular complexity index is 531. The number of carboxylic acids is 1. The van der Waals surface area contributed by atoms with Crippen LogP contribution in [0.25, 0.3) is 0 Å². The lowest BCUT2D eigenvalue weighted by molar-refractivity contribution is -0.139. The fourth-order valence-corrected chi connectivity index (χ4v) is 2.15. The van der Waals surface area contributed by atoms with Crippen LogP contribution in [-0.4, -0.2) is 31.1 Å². The van der Waals surface area contributed by atoms with Crippen molar-refractivity contribution in [2.24, 2.45) is 11.8 Å². The topological polar surface area (TPSA) is 69.6 Å². The SMILES string of the molecule is CN(C)c1ccc(Cl)cc1NC(=O)[C@@H]1C[C@@H]1C(=O)O. The van der Waals surface area contributed by atoms with Crippen LogP contribution in [0.4, 0.5) is 11.4 Å². The maximum Gasteiger partial charge on any atom is 0.307 e. The summed E-state index contributed by atoms with van der Waals surface area (Å²) in [5.41, 5.74) is 1.42. The first-order valence-electron chi connectivity index (χ1n) is 5.90. The maximum atomic E-state index is 11.9. The van der Waals surface area contributed by atoms with Crippen molar-refractivity contribution in [3.8, 4) is 0 Å². The second-order valence-electron chi connectivity index (χ2n) is 4.83. The average Bonchev–Trinajstić information content (AvgIpc) is 3.08. The number of aliphatic carboxylic acids is 1. The first-order valence-corrected chi connectivity index (χ1v) is 6.28. The number of hydrogen-bond donors (Lipinski definition) is 2. The Balaban J connectivity index is 2.13. The van der Waals surface area contributed by atoms with Gasteiger partial charge in [-0.2, -0.15) is 0 Å². The molecule has 2 atom stereocenters. The van der Waals surface area contributed by atoms with Gasteiger partial charge in [0.25, 0.3) is 0 Å². The zero-order valence-corrected chi connectivity index (χ0v) is 11.4. The van der Waals surface area contributed by atoms with Crippen LogP contribution in [-0.2, 0) is 9.59 Å². The Morgan fingerprint density at radius 3 is 2.58 bits per heavy atom. The van der Waals surface area contributed by atoms with Gasteiger partial charge in [-0.15, -0.1) is 0 Å². The largest absolute Gasteiger partial charge is 0.481 e. The average molecular weight is 283 g/mol. The third-order valence-electron chi connectivity index (χ3n) is 3.14. The van der Waals surface area contributed by atoms with E-state index < -0.39 is 17.8 Å². The van der Waals surface area contributed by atoms with Crippen molar-refractivity contribution in [3.63, 3.8) is 0 Å². The zero-order valence-electron chi connectivity index (χ0n) is 10.7. The van der Waals surface area contributed by atoms with E-state index in [0.29, 0.717) is 17.1 Å². The van der Waals surface area contributed by atoms with E-state index in [1.807, 2.05) is 19.0 Å². The third kappa shape index (κ3) is 2.98. The molecule has 0 spiro atoms. The second kappa shape index (κ2) is 5.09. The quantitative estimate of drug-likeness (QED) is 0.887. The number of carboxylic acid groups (broad SMARTS) is 1. The van der Waals surface area contributed by atoms with E-state index in [0.717, 1.165) is 5.69 Å². The summed E-state index contributed by atoms with van der Waals surface area (Å²) in [5, 5.41) is 12.1. The summed E-state index contributed by atoms with van der Waals surface area (Å²) in [6, 6.07) is 5.20. The van der Waals surface area contributed by atoms with Gasteiger partial charge >= 0.3 is 5.97 Å². The van der Waals surface area contributed by atoms with Crippen molar-refractivity contribution in [2.45, 2.75) is 6.42 Å². The second-order valence-corrected chi connectivity index (χ2v) is 5.27. The van der Waals surface area contributed by atoms with E-state index in [1.165, 1.54) is 0 Å². The van der Waals surface area contributed by atoms with Gasteiger partial charge in [0.2, 0.25) is 5.91 Å². The van der Waals surface area contributed by atoms with E-state index in [1.54, 1.807) is 18.2 Å².